The topological polar surface area (TPSA) is 96.0 Å². The Morgan fingerprint density at radius 3 is 2.35 bits per heavy atom. The van der Waals surface area contributed by atoms with Crippen LogP contribution in [0.15, 0.2) is 53.0 Å². The molecule has 2 unspecified atom stereocenters. The fourth-order valence-electron chi connectivity index (χ4n) is 2.81. The molecular weight excluding hydrogens is 478 g/mol. The first-order valence-corrected chi connectivity index (χ1v) is 11.5. The van der Waals surface area contributed by atoms with Gasteiger partial charge < -0.3 is 10.6 Å². The average molecular weight is 502 g/mol. The van der Waals surface area contributed by atoms with E-state index in [9.17, 15) is 9.59 Å². The van der Waals surface area contributed by atoms with Gasteiger partial charge in [-0.05, 0) is 37.1 Å². The van der Waals surface area contributed by atoms with E-state index >= 15 is 0 Å². The summed E-state index contributed by atoms with van der Waals surface area (Å²) in [7, 11) is 0. The first-order valence-electron chi connectivity index (χ1n) is 9.90. The van der Waals surface area contributed by atoms with Crippen LogP contribution in [-0.2, 0) is 4.79 Å². The summed E-state index contributed by atoms with van der Waals surface area (Å²) in [5.41, 5.74) is 2.67. The van der Waals surface area contributed by atoms with Crippen molar-refractivity contribution in [2.75, 3.05) is 10.6 Å². The number of nitrogens with one attached hydrogen (secondary N) is 3. The van der Waals surface area contributed by atoms with Crippen LogP contribution in [-0.4, -0.2) is 28.2 Å². The normalized spacial score (nSPS) is 12.6. The fourth-order valence-corrected chi connectivity index (χ4v) is 3.83. The smallest absolute Gasteiger partial charge is 0.319 e. The Bertz CT molecular complexity index is 1040. The van der Waals surface area contributed by atoms with E-state index in [0.29, 0.717) is 15.8 Å². The van der Waals surface area contributed by atoms with Gasteiger partial charge in [0.2, 0.25) is 11.0 Å². The van der Waals surface area contributed by atoms with Crippen LogP contribution in [0.5, 0.6) is 0 Å². The minimum absolute atomic E-state index is 0.0670. The van der Waals surface area contributed by atoms with Gasteiger partial charge in [-0.25, -0.2) is 4.79 Å². The Balaban J connectivity index is 1.66. The molecule has 3 aromatic rings. The van der Waals surface area contributed by atoms with Gasteiger partial charge in [0, 0.05) is 15.7 Å². The van der Waals surface area contributed by atoms with E-state index in [4.69, 9.17) is 0 Å². The minimum Gasteiger partial charge on any atom is -0.326 e. The van der Waals surface area contributed by atoms with Gasteiger partial charge in [0.05, 0.1) is 0 Å². The van der Waals surface area contributed by atoms with Crippen molar-refractivity contribution in [1.29, 1.82) is 0 Å². The number of aromatic nitrogens is 2. The van der Waals surface area contributed by atoms with Crippen molar-refractivity contribution >= 4 is 50.0 Å². The van der Waals surface area contributed by atoms with Crippen LogP contribution < -0.4 is 16.0 Å². The highest BCUT2D eigenvalue weighted by molar-refractivity contribution is 9.10. The van der Waals surface area contributed by atoms with Crippen LogP contribution in [0.3, 0.4) is 0 Å². The number of aryl methyl sites for hydroxylation is 1. The van der Waals surface area contributed by atoms with Crippen LogP contribution >= 0.6 is 27.3 Å². The highest BCUT2D eigenvalue weighted by atomic mass is 79.9. The van der Waals surface area contributed by atoms with Gasteiger partial charge >= 0.3 is 6.03 Å². The van der Waals surface area contributed by atoms with E-state index < -0.39 is 12.1 Å². The van der Waals surface area contributed by atoms with Gasteiger partial charge in [-0.1, -0.05) is 77.4 Å². The van der Waals surface area contributed by atoms with E-state index in [2.05, 4.69) is 42.1 Å². The number of carbonyl (C=O) groups is 2. The number of anilines is 2. The molecule has 0 aliphatic carbocycles. The molecule has 1 aromatic heterocycles. The number of benzene rings is 2. The molecule has 3 rings (SSSR count). The first kappa shape index (κ1) is 22.9. The van der Waals surface area contributed by atoms with Gasteiger partial charge in [-0.15, -0.1) is 10.2 Å². The molecule has 1 heterocycles. The van der Waals surface area contributed by atoms with E-state index in [0.717, 1.165) is 22.0 Å². The summed E-state index contributed by atoms with van der Waals surface area (Å²) in [4.78, 5) is 25.4. The first-order chi connectivity index (χ1) is 14.9. The SMILES string of the molecule is CCC(C)C(NC(=O)Nc1ccc(C)cc1)C(=O)Nc1nnc(-c2ccc(Br)cc2)s1. The molecule has 2 aromatic carbocycles. The third-order valence-electron chi connectivity index (χ3n) is 4.84. The molecular formula is C22H24BrN5O2S. The molecule has 0 spiro atoms. The zero-order chi connectivity index (χ0) is 22.4. The molecule has 0 bridgehead atoms. The second-order valence-corrected chi connectivity index (χ2v) is 9.13. The predicted molar refractivity (Wildman–Crippen MR) is 128 cm³/mol. The van der Waals surface area contributed by atoms with E-state index in [-0.39, 0.29) is 11.8 Å². The molecule has 0 aliphatic heterocycles. The third-order valence-corrected chi connectivity index (χ3v) is 6.25. The van der Waals surface area contributed by atoms with Crippen molar-refractivity contribution in [1.82, 2.24) is 15.5 Å². The lowest BCUT2D eigenvalue weighted by Gasteiger charge is -2.23. The molecule has 162 valence electrons. The Kier molecular flexibility index (Phi) is 7.75. The standard InChI is InChI=1S/C22H24BrN5O2S/c1-4-14(3)18(25-21(30)24-17-11-5-13(2)6-12-17)19(29)26-22-28-27-20(31-22)15-7-9-16(23)10-8-15/h5-12,14,18H,4H2,1-3H3,(H2,24,25,30)(H,26,28,29). The summed E-state index contributed by atoms with van der Waals surface area (Å²) in [5.74, 6) is -0.394. The zero-order valence-electron chi connectivity index (χ0n) is 17.5. The summed E-state index contributed by atoms with van der Waals surface area (Å²) < 4.78 is 0.973. The Morgan fingerprint density at radius 1 is 1.03 bits per heavy atom. The monoisotopic (exact) mass is 501 g/mol. The Morgan fingerprint density at radius 2 is 1.71 bits per heavy atom. The van der Waals surface area contributed by atoms with E-state index in [1.807, 2.05) is 69.3 Å². The molecule has 0 saturated heterocycles. The molecule has 7 nitrogen and oxygen atoms in total. The molecule has 2 atom stereocenters. The van der Waals surface area contributed by atoms with Crippen LogP contribution in [0.1, 0.15) is 25.8 Å². The molecule has 3 amide bonds. The number of carbonyl (C=O) groups excluding carboxylic acids is 2. The molecule has 0 aliphatic rings. The number of rotatable bonds is 7. The molecule has 0 fully saturated rings. The number of nitrogens with zero attached hydrogens (tertiary/aromatic N) is 2. The Hall–Kier alpha value is -2.78. The second-order valence-electron chi connectivity index (χ2n) is 7.24. The summed E-state index contributed by atoms with van der Waals surface area (Å²) in [5, 5.41) is 17.7. The molecule has 3 N–H and O–H groups in total. The van der Waals surface area contributed by atoms with Crippen molar-refractivity contribution < 1.29 is 9.59 Å². The maximum atomic E-state index is 12.9. The van der Waals surface area contributed by atoms with Crippen molar-refractivity contribution in [3.8, 4) is 10.6 Å². The number of halogens is 1. The lowest BCUT2D eigenvalue weighted by atomic mass is 9.98. The van der Waals surface area contributed by atoms with Crippen molar-refractivity contribution in [3.05, 3.63) is 58.6 Å². The molecule has 9 heteroatoms. The quantitative estimate of drug-likeness (QED) is 0.400. The Labute approximate surface area is 193 Å². The van der Waals surface area contributed by atoms with Gasteiger partial charge in [-0.2, -0.15) is 0 Å². The number of amides is 3. The van der Waals surface area contributed by atoms with Crippen molar-refractivity contribution in [2.45, 2.75) is 33.2 Å². The van der Waals surface area contributed by atoms with Crippen molar-refractivity contribution in [2.24, 2.45) is 5.92 Å². The van der Waals surface area contributed by atoms with Gasteiger partial charge in [0.15, 0.2) is 0 Å². The summed E-state index contributed by atoms with van der Waals surface area (Å²) >= 11 is 4.69. The van der Waals surface area contributed by atoms with E-state index in [1.54, 1.807) is 0 Å². The average Bonchev–Trinajstić information content (AvgIpc) is 3.22. The summed E-state index contributed by atoms with van der Waals surface area (Å²) in [6.45, 7) is 5.87. The molecule has 0 saturated carbocycles. The van der Waals surface area contributed by atoms with Crippen LogP contribution in [0.2, 0.25) is 0 Å². The van der Waals surface area contributed by atoms with Gasteiger partial charge in [-0.3, -0.25) is 10.1 Å². The largest absolute Gasteiger partial charge is 0.326 e. The highest BCUT2D eigenvalue weighted by Crippen LogP contribution is 2.27. The van der Waals surface area contributed by atoms with Gasteiger partial charge in [0.1, 0.15) is 11.0 Å². The number of hydrogen-bond acceptors (Lipinski definition) is 5. The van der Waals surface area contributed by atoms with Gasteiger partial charge in [0.25, 0.3) is 0 Å². The number of hydrogen-bond donors (Lipinski definition) is 3. The maximum absolute atomic E-state index is 12.9. The third kappa shape index (κ3) is 6.35. The highest BCUT2D eigenvalue weighted by Gasteiger charge is 2.27. The lowest BCUT2D eigenvalue weighted by molar-refractivity contribution is -0.119. The van der Waals surface area contributed by atoms with E-state index in [1.165, 1.54) is 11.3 Å². The van der Waals surface area contributed by atoms with Crippen LogP contribution in [0.25, 0.3) is 10.6 Å². The maximum Gasteiger partial charge on any atom is 0.319 e. The summed E-state index contributed by atoms with van der Waals surface area (Å²) in [6.07, 6.45) is 0.725. The van der Waals surface area contributed by atoms with Crippen molar-refractivity contribution in [3.63, 3.8) is 0 Å². The molecule has 31 heavy (non-hydrogen) atoms. The zero-order valence-corrected chi connectivity index (χ0v) is 19.9. The molecule has 0 radical (unpaired) electrons. The lowest BCUT2D eigenvalue weighted by Crippen LogP contribution is -2.49. The van der Waals surface area contributed by atoms with Crippen LogP contribution in [0, 0.1) is 12.8 Å². The fraction of sp³-hybridized carbons (Fsp3) is 0.273. The van der Waals surface area contributed by atoms with Crippen LogP contribution in [0.4, 0.5) is 15.6 Å². The number of urea groups is 1. The predicted octanol–water partition coefficient (Wildman–Crippen LogP) is 5.45. The minimum atomic E-state index is -0.713. The summed E-state index contributed by atoms with van der Waals surface area (Å²) in [6, 6.07) is 14.0. The second kappa shape index (κ2) is 10.5.